The van der Waals surface area contributed by atoms with Crippen molar-refractivity contribution in [2.75, 3.05) is 39.3 Å². The van der Waals surface area contributed by atoms with Crippen LogP contribution in [0.15, 0.2) is 0 Å². The molecule has 0 aromatic rings. The van der Waals surface area contributed by atoms with E-state index in [-0.39, 0.29) is 0 Å². The molecule has 19 heavy (non-hydrogen) atoms. The lowest BCUT2D eigenvalue weighted by Crippen LogP contribution is -2.35. The first-order valence-electron chi connectivity index (χ1n) is 8.76. The molecule has 0 aromatic heterocycles. The first-order valence-corrected chi connectivity index (χ1v) is 8.76. The molecular formula is C17H34N2. The second kappa shape index (κ2) is 8.26. The topological polar surface area (TPSA) is 6.48 Å². The van der Waals surface area contributed by atoms with E-state index in [1.54, 1.807) is 0 Å². The van der Waals surface area contributed by atoms with E-state index in [4.69, 9.17) is 0 Å². The third kappa shape index (κ3) is 5.07. The van der Waals surface area contributed by atoms with E-state index in [0.29, 0.717) is 0 Å². The molecule has 0 amide bonds. The van der Waals surface area contributed by atoms with Crippen LogP contribution in [0.5, 0.6) is 0 Å². The highest BCUT2D eigenvalue weighted by Gasteiger charge is 2.22. The summed E-state index contributed by atoms with van der Waals surface area (Å²) >= 11 is 0. The largest absolute Gasteiger partial charge is 0.304 e. The monoisotopic (exact) mass is 266 g/mol. The van der Waals surface area contributed by atoms with Crippen LogP contribution in [0, 0.1) is 11.8 Å². The van der Waals surface area contributed by atoms with E-state index in [2.05, 4.69) is 23.6 Å². The predicted molar refractivity (Wildman–Crippen MR) is 83.5 cm³/mol. The highest BCUT2D eigenvalue weighted by atomic mass is 15.1. The molecule has 0 spiro atoms. The molecule has 2 saturated heterocycles. The van der Waals surface area contributed by atoms with E-state index >= 15 is 0 Å². The second-order valence-electron chi connectivity index (χ2n) is 6.74. The van der Waals surface area contributed by atoms with Crippen LogP contribution in [0.2, 0.25) is 0 Å². The van der Waals surface area contributed by atoms with Gasteiger partial charge in [-0.25, -0.2) is 0 Å². The maximum Gasteiger partial charge on any atom is -0.00161 e. The van der Waals surface area contributed by atoms with Crippen LogP contribution >= 0.6 is 0 Å². The van der Waals surface area contributed by atoms with Gasteiger partial charge >= 0.3 is 0 Å². The molecule has 0 saturated carbocycles. The van der Waals surface area contributed by atoms with Crippen LogP contribution < -0.4 is 0 Å². The lowest BCUT2D eigenvalue weighted by atomic mass is 9.85. The van der Waals surface area contributed by atoms with Gasteiger partial charge in [-0.1, -0.05) is 26.7 Å². The molecule has 0 unspecified atom stereocenters. The molecule has 2 rings (SSSR count). The van der Waals surface area contributed by atoms with E-state index in [1.807, 2.05) is 0 Å². The molecule has 0 atom stereocenters. The molecule has 0 bridgehead atoms. The second-order valence-corrected chi connectivity index (χ2v) is 6.74. The Balaban J connectivity index is 1.57. The lowest BCUT2D eigenvalue weighted by molar-refractivity contribution is 0.155. The summed E-state index contributed by atoms with van der Waals surface area (Å²) in [6, 6.07) is 0. The van der Waals surface area contributed by atoms with Gasteiger partial charge in [0.1, 0.15) is 0 Å². The highest BCUT2D eigenvalue weighted by molar-refractivity contribution is 4.76. The zero-order valence-electron chi connectivity index (χ0n) is 13.2. The van der Waals surface area contributed by atoms with Gasteiger partial charge in [-0.3, -0.25) is 0 Å². The zero-order valence-corrected chi connectivity index (χ0v) is 13.2. The normalized spacial score (nSPS) is 24.9. The number of rotatable bonds is 6. The molecule has 0 aromatic carbocycles. The van der Waals surface area contributed by atoms with Gasteiger partial charge in [0.15, 0.2) is 0 Å². The van der Waals surface area contributed by atoms with Crippen molar-refractivity contribution >= 4 is 0 Å². The van der Waals surface area contributed by atoms with Crippen molar-refractivity contribution in [1.82, 2.24) is 9.80 Å². The maximum absolute atomic E-state index is 2.66. The third-order valence-electron chi connectivity index (χ3n) is 5.38. The smallest absolute Gasteiger partial charge is 0.00161 e. The lowest BCUT2D eigenvalue weighted by Gasteiger charge is -2.34. The van der Waals surface area contributed by atoms with Crippen LogP contribution in [0.1, 0.15) is 58.8 Å². The quantitative estimate of drug-likeness (QED) is 0.724. The summed E-state index contributed by atoms with van der Waals surface area (Å²) in [5.74, 6) is 2.08. The van der Waals surface area contributed by atoms with Gasteiger partial charge in [0.25, 0.3) is 0 Å². The average Bonchev–Trinajstić information content (AvgIpc) is 2.47. The number of piperidine rings is 2. The van der Waals surface area contributed by atoms with E-state index < -0.39 is 0 Å². The first-order chi connectivity index (χ1) is 9.31. The van der Waals surface area contributed by atoms with Crippen LogP contribution in [-0.4, -0.2) is 49.1 Å². The van der Waals surface area contributed by atoms with Gasteiger partial charge in [-0.2, -0.15) is 0 Å². The van der Waals surface area contributed by atoms with Crippen molar-refractivity contribution in [3.05, 3.63) is 0 Å². The van der Waals surface area contributed by atoms with Crippen molar-refractivity contribution in [1.29, 1.82) is 0 Å². The van der Waals surface area contributed by atoms with E-state index in [9.17, 15) is 0 Å². The average molecular weight is 266 g/mol. The van der Waals surface area contributed by atoms with Gasteiger partial charge in [0.05, 0.1) is 0 Å². The molecule has 0 radical (unpaired) electrons. The number of nitrogens with zero attached hydrogens (tertiary/aromatic N) is 2. The molecule has 2 heteroatoms. The molecule has 2 fully saturated rings. The van der Waals surface area contributed by atoms with E-state index in [0.717, 1.165) is 11.8 Å². The number of hydrogen-bond acceptors (Lipinski definition) is 2. The SMILES string of the molecule is CCCN1CCC(CCC2CCN(CC)CC2)CC1. The van der Waals surface area contributed by atoms with Crippen LogP contribution in [-0.2, 0) is 0 Å². The predicted octanol–water partition coefficient (Wildman–Crippen LogP) is 3.62. The Hall–Kier alpha value is -0.0800. The number of likely N-dealkylation sites (tertiary alicyclic amines) is 2. The molecular weight excluding hydrogens is 232 g/mol. The highest BCUT2D eigenvalue weighted by Crippen LogP contribution is 2.28. The van der Waals surface area contributed by atoms with Crippen molar-refractivity contribution in [2.45, 2.75) is 58.8 Å². The van der Waals surface area contributed by atoms with Crippen LogP contribution in [0.25, 0.3) is 0 Å². The Morgan fingerprint density at radius 2 is 1.21 bits per heavy atom. The summed E-state index contributed by atoms with van der Waals surface area (Å²) in [4.78, 5) is 5.27. The van der Waals surface area contributed by atoms with Crippen molar-refractivity contribution in [3.63, 3.8) is 0 Å². The standard InChI is InChI=1S/C17H34N2/c1-3-11-19-14-9-17(10-15-19)6-5-16-7-12-18(4-2)13-8-16/h16-17H,3-15H2,1-2H3. The van der Waals surface area contributed by atoms with Crippen molar-refractivity contribution < 1.29 is 0 Å². The Kier molecular flexibility index (Phi) is 6.66. The van der Waals surface area contributed by atoms with Gasteiger partial charge in [0.2, 0.25) is 0 Å². The van der Waals surface area contributed by atoms with E-state index in [1.165, 1.54) is 84.2 Å². The molecule has 112 valence electrons. The molecule has 2 nitrogen and oxygen atoms in total. The minimum Gasteiger partial charge on any atom is -0.304 e. The summed E-state index contributed by atoms with van der Waals surface area (Å²) in [6.07, 6.45) is 10.2. The summed E-state index contributed by atoms with van der Waals surface area (Å²) < 4.78 is 0. The summed E-state index contributed by atoms with van der Waals surface area (Å²) in [5, 5.41) is 0. The van der Waals surface area contributed by atoms with Crippen LogP contribution in [0.4, 0.5) is 0 Å². The van der Waals surface area contributed by atoms with Crippen molar-refractivity contribution in [3.8, 4) is 0 Å². The van der Waals surface area contributed by atoms with Gasteiger partial charge in [0, 0.05) is 0 Å². The minimum atomic E-state index is 1.04. The summed E-state index contributed by atoms with van der Waals surface area (Å²) in [7, 11) is 0. The molecule has 2 aliphatic rings. The Morgan fingerprint density at radius 3 is 1.63 bits per heavy atom. The van der Waals surface area contributed by atoms with Crippen molar-refractivity contribution in [2.24, 2.45) is 11.8 Å². The zero-order chi connectivity index (χ0) is 13.5. The fraction of sp³-hybridized carbons (Fsp3) is 1.00. The van der Waals surface area contributed by atoms with Gasteiger partial charge in [-0.15, -0.1) is 0 Å². The summed E-state index contributed by atoms with van der Waals surface area (Å²) in [6.45, 7) is 12.6. The molecule has 2 heterocycles. The maximum atomic E-state index is 2.66. The number of hydrogen-bond donors (Lipinski definition) is 0. The molecule has 0 N–H and O–H groups in total. The third-order valence-corrected chi connectivity index (χ3v) is 5.38. The fourth-order valence-corrected chi connectivity index (χ4v) is 3.88. The summed E-state index contributed by atoms with van der Waals surface area (Å²) in [5.41, 5.74) is 0. The molecule has 0 aliphatic carbocycles. The minimum absolute atomic E-state index is 1.04. The Labute approximate surface area is 120 Å². The fourth-order valence-electron chi connectivity index (χ4n) is 3.88. The Morgan fingerprint density at radius 1 is 0.737 bits per heavy atom. The molecule has 2 aliphatic heterocycles. The van der Waals surface area contributed by atoms with Gasteiger partial charge < -0.3 is 9.80 Å². The first kappa shape index (κ1) is 15.3. The van der Waals surface area contributed by atoms with Gasteiger partial charge in [-0.05, 0) is 83.2 Å². The van der Waals surface area contributed by atoms with Crippen LogP contribution in [0.3, 0.4) is 0 Å². The Bertz CT molecular complexity index is 225.